The molecule has 0 N–H and O–H groups in total. The zero-order chi connectivity index (χ0) is 8.43. The van der Waals surface area contributed by atoms with Crippen molar-refractivity contribution in [2.24, 2.45) is 0 Å². The molecule has 11 heavy (non-hydrogen) atoms. The largest absolute Gasteiger partial charge is 0.207 e. The number of halogens is 2. The average molecular weight is 173 g/mol. The quantitative estimate of drug-likeness (QED) is 0.570. The average Bonchev–Trinajstić information content (AvgIpc) is 1.94. The first kappa shape index (κ1) is 8.54. The van der Waals surface area contributed by atoms with Crippen molar-refractivity contribution in [2.45, 2.75) is 19.2 Å². The van der Waals surface area contributed by atoms with Crippen molar-refractivity contribution in [3.05, 3.63) is 35.1 Å². The Morgan fingerprint density at radius 2 is 2.09 bits per heavy atom. The molecule has 0 saturated carbocycles. The number of hydrogen-bond donors (Lipinski definition) is 0. The SMILES string of the molecule is Cc1ccc(C(C)Cl)cc1F. The van der Waals surface area contributed by atoms with Gasteiger partial charge in [-0.15, -0.1) is 11.6 Å². The first-order chi connectivity index (χ1) is 5.11. The second-order valence-electron chi connectivity index (χ2n) is 2.62. The summed E-state index contributed by atoms with van der Waals surface area (Å²) in [6.07, 6.45) is 0. The fourth-order valence-electron chi connectivity index (χ4n) is 0.857. The van der Waals surface area contributed by atoms with Crippen molar-refractivity contribution in [3.63, 3.8) is 0 Å². The first-order valence-corrected chi connectivity index (χ1v) is 3.95. The van der Waals surface area contributed by atoms with Gasteiger partial charge in [0.2, 0.25) is 0 Å². The molecule has 1 unspecified atom stereocenters. The highest BCUT2D eigenvalue weighted by atomic mass is 35.5. The Bertz CT molecular complexity index is 256. The molecule has 1 atom stereocenters. The van der Waals surface area contributed by atoms with Crippen LogP contribution in [0.1, 0.15) is 23.4 Å². The minimum absolute atomic E-state index is 0.120. The van der Waals surface area contributed by atoms with E-state index >= 15 is 0 Å². The van der Waals surface area contributed by atoms with Crippen molar-refractivity contribution in [1.29, 1.82) is 0 Å². The van der Waals surface area contributed by atoms with Crippen molar-refractivity contribution in [2.75, 3.05) is 0 Å². The van der Waals surface area contributed by atoms with E-state index in [1.54, 1.807) is 13.0 Å². The van der Waals surface area contributed by atoms with E-state index in [2.05, 4.69) is 0 Å². The lowest BCUT2D eigenvalue weighted by atomic mass is 10.1. The predicted octanol–water partition coefficient (Wildman–Crippen LogP) is 3.43. The maximum Gasteiger partial charge on any atom is 0.126 e. The second-order valence-corrected chi connectivity index (χ2v) is 3.28. The van der Waals surface area contributed by atoms with Crippen molar-refractivity contribution >= 4 is 11.6 Å². The molecule has 0 aliphatic rings. The highest BCUT2D eigenvalue weighted by molar-refractivity contribution is 6.20. The van der Waals surface area contributed by atoms with Gasteiger partial charge in [-0.1, -0.05) is 12.1 Å². The van der Waals surface area contributed by atoms with Crippen LogP contribution < -0.4 is 0 Å². The second kappa shape index (κ2) is 3.22. The fourth-order valence-corrected chi connectivity index (χ4v) is 0.992. The van der Waals surface area contributed by atoms with Gasteiger partial charge in [0, 0.05) is 0 Å². The Hall–Kier alpha value is -0.560. The topological polar surface area (TPSA) is 0 Å². The van der Waals surface area contributed by atoms with Gasteiger partial charge in [-0.25, -0.2) is 4.39 Å². The van der Waals surface area contributed by atoms with Crippen LogP contribution in [0.5, 0.6) is 0 Å². The Kier molecular flexibility index (Phi) is 2.50. The molecule has 0 saturated heterocycles. The Labute approximate surface area is 71.0 Å². The first-order valence-electron chi connectivity index (χ1n) is 3.51. The molecule has 0 heterocycles. The van der Waals surface area contributed by atoms with E-state index in [9.17, 15) is 4.39 Å². The number of rotatable bonds is 1. The van der Waals surface area contributed by atoms with Crippen LogP contribution in [0.4, 0.5) is 4.39 Å². The van der Waals surface area contributed by atoms with Crippen LogP contribution in [-0.2, 0) is 0 Å². The molecule has 0 fully saturated rings. The van der Waals surface area contributed by atoms with E-state index in [1.807, 2.05) is 13.0 Å². The molecule has 1 aromatic rings. The van der Waals surface area contributed by atoms with Gasteiger partial charge < -0.3 is 0 Å². The molecular formula is C9H10ClF. The molecule has 0 aliphatic carbocycles. The summed E-state index contributed by atoms with van der Waals surface area (Å²) in [4.78, 5) is 0. The minimum atomic E-state index is -0.185. The van der Waals surface area contributed by atoms with Gasteiger partial charge in [-0.2, -0.15) is 0 Å². The zero-order valence-corrected chi connectivity index (χ0v) is 7.32. The van der Waals surface area contributed by atoms with E-state index in [4.69, 9.17) is 11.6 Å². The lowest BCUT2D eigenvalue weighted by molar-refractivity contribution is 0.616. The molecule has 0 radical (unpaired) electrons. The lowest BCUT2D eigenvalue weighted by Gasteiger charge is -2.03. The number of alkyl halides is 1. The molecule has 0 aromatic heterocycles. The van der Waals surface area contributed by atoms with Crippen LogP contribution in [-0.4, -0.2) is 0 Å². The summed E-state index contributed by atoms with van der Waals surface area (Å²) in [5.41, 5.74) is 1.49. The van der Waals surface area contributed by atoms with Crippen LogP contribution in [0.25, 0.3) is 0 Å². The molecule has 60 valence electrons. The predicted molar refractivity (Wildman–Crippen MR) is 45.4 cm³/mol. The molecule has 0 spiro atoms. The molecule has 0 aliphatic heterocycles. The molecule has 2 heteroatoms. The minimum Gasteiger partial charge on any atom is -0.207 e. The summed E-state index contributed by atoms with van der Waals surface area (Å²) in [5, 5.41) is -0.120. The van der Waals surface area contributed by atoms with Crippen LogP contribution >= 0.6 is 11.6 Å². The Morgan fingerprint density at radius 1 is 1.45 bits per heavy atom. The normalized spacial score (nSPS) is 13.1. The van der Waals surface area contributed by atoms with Gasteiger partial charge in [0.25, 0.3) is 0 Å². The Balaban J connectivity index is 3.05. The van der Waals surface area contributed by atoms with E-state index in [0.29, 0.717) is 5.56 Å². The summed E-state index contributed by atoms with van der Waals surface area (Å²) >= 11 is 5.76. The summed E-state index contributed by atoms with van der Waals surface area (Å²) < 4.78 is 12.9. The highest BCUT2D eigenvalue weighted by Gasteiger charge is 2.03. The van der Waals surface area contributed by atoms with Gasteiger partial charge in [0.15, 0.2) is 0 Å². The number of aryl methyl sites for hydroxylation is 1. The van der Waals surface area contributed by atoms with E-state index in [-0.39, 0.29) is 11.2 Å². The molecule has 1 rings (SSSR count). The third-order valence-corrected chi connectivity index (χ3v) is 1.91. The molecule has 1 aromatic carbocycles. The summed E-state index contributed by atoms with van der Waals surface area (Å²) in [6.45, 7) is 3.56. The Morgan fingerprint density at radius 3 is 2.55 bits per heavy atom. The summed E-state index contributed by atoms with van der Waals surface area (Å²) in [6, 6.07) is 5.06. The number of hydrogen-bond acceptors (Lipinski definition) is 0. The number of benzene rings is 1. The molecule has 0 nitrogen and oxygen atoms in total. The van der Waals surface area contributed by atoms with Crippen LogP contribution in [0.15, 0.2) is 18.2 Å². The third-order valence-electron chi connectivity index (χ3n) is 1.66. The van der Waals surface area contributed by atoms with E-state index < -0.39 is 0 Å². The standard InChI is InChI=1S/C9H10ClF/c1-6-3-4-8(7(2)10)5-9(6)11/h3-5,7H,1-2H3. The van der Waals surface area contributed by atoms with Crippen molar-refractivity contribution in [1.82, 2.24) is 0 Å². The summed E-state index contributed by atoms with van der Waals surface area (Å²) in [7, 11) is 0. The van der Waals surface area contributed by atoms with Crippen molar-refractivity contribution < 1.29 is 4.39 Å². The fraction of sp³-hybridized carbons (Fsp3) is 0.333. The third kappa shape index (κ3) is 1.93. The van der Waals surface area contributed by atoms with Crippen LogP contribution in [0, 0.1) is 12.7 Å². The maximum absolute atomic E-state index is 12.9. The van der Waals surface area contributed by atoms with Crippen LogP contribution in [0.3, 0.4) is 0 Å². The monoisotopic (exact) mass is 172 g/mol. The van der Waals surface area contributed by atoms with Gasteiger partial charge in [-0.3, -0.25) is 0 Å². The summed E-state index contributed by atoms with van der Waals surface area (Å²) in [5.74, 6) is -0.185. The van der Waals surface area contributed by atoms with Gasteiger partial charge in [0.1, 0.15) is 5.82 Å². The molecule has 0 amide bonds. The zero-order valence-electron chi connectivity index (χ0n) is 6.57. The van der Waals surface area contributed by atoms with Gasteiger partial charge in [0.05, 0.1) is 5.38 Å². The van der Waals surface area contributed by atoms with Gasteiger partial charge >= 0.3 is 0 Å². The highest BCUT2D eigenvalue weighted by Crippen LogP contribution is 2.20. The van der Waals surface area contributed by atoms with Gasteiger partial charge in [-0.05, 0) is 31.0 Å². The van der Waals surface area contributed by atoms with Crippen molar-refractivity contribution in [3.8, 4) is 0 Å². The lowest BCUT2D eigenvalue weighted by Crippen LogP contribution is -1.88. The molecular weight excluding hydrogens is 163 g/mol. The van der Waals surface area contributed by atoms with E-state index in [0.717, 1.165) is 5.56 Å². The van der Waals surface area contributed by atoms with Crippen LogP contribution in [0.2, 0.25) is 0 Å². The van der Waals surface area contributed by atoms with E-state index in [1.165, 1.54) is 6.07 Å². The smallest absolute Gasteiger partial charge is 0.126 e. The molecule has 0 bridgehead atoms. The maximum atomic E-state index is 12.9.